The van der Waals surface area contributed by atoms with Crippen molar-refractivity contribution in [2.24, 2.45) is 0 Å². The van der Waals surface area contributed by atoms with Crippen LogP contribution in [-0.2, 0) is 0 Å². The van der Waals surface area contributed by atoms with Gasteiger partial charge in [-0.25, -0.2) is 0 Å². The highest BCUT2D eigenvalue weighted by molar-refractivity contribution is 5.91. The van der Waals surface area contributed by atoms with Crippen LogP contribution in [0, 0.1) is 0 Å². The summed E-state index contributed by atoms with van der Waals surface area (Å²) in [5.41, 5.74) is 4.27. The molecule has 1 aliphatic heterocycles. The minimum absolute atomic E-state index is 0.106. The Morgan fingerprint density at radius 1 is 0.846 bits per heavy atom. The molecule has 128 valence electrons. The van der Waals surface area contributed by atoms with Crippen molar-refractivity contribution in [2.45, 2.75) is 43.1 Å². The largest absolute Gasteiger partial charge is 0.481 e. The van der Waals surface area contributed by atoms with E-state index in [0.29, 0.717) is 11.8 Å². The van der Waals surface area contributed by atoms with Crippen molar-refractivity contribution >= 4 is 10.8 Å². The zero-order chi connectivity index (χ0) is 17.1. The highest BCUT2D eigenvalue weighted by Crippen LogP contribution is 2.64. The minimum Gasteiger partial charge on any atom is -0.481 e. The highest BCUT2D eigenvalue weighted by Gasteiger charge is 2.58. The number of hydrogen-bond donors (Lipinski definition) is 0. The van der Waals surface area contributed by atoms with Crippen molar-refractivity contribution in [3.05, 3.63) is 89.5 Å². The summed E-state index contributed by atoms with van der Waals surface area (Å²) in [7, 11) is 0. The Kier molecular flexibility index (Phi) is 2.94. The second-order valence-corrected chi connectivity index (χ2v) is 8.01. The maximum absolute atomic E-state index is 6.92. The van der Waals surface area contributed by atoms with Crippen LogP contribution in [0.4, 0.5) is 0 Å². The lowest BCUT2D eigenvalue weighted by molar-refractivity contribution is 0.0870. The summed E-state index contributed by atoms with van der Waals surface area (Å²) >= 11 is 0. The Bertz CT molecular complexity index is 1030. The smallest absolute Gasteiger partial charge is 0.138 e. The van der Waals surface area contributed by atoms with Crippen LogP contribution in [0.1, 0.15) is 48.6 Å². The first-order valence-electron chi connectivity index (χ1n) is 9.84. The van der Waals surface area contributed by atoms with E-state index in [9.17, 15) is 0 Å². The number of benzene rings is 3. The highest BCUT2D eigenvalue weighted by atomic mass is 16.5. The fraction of sp³-hybridized carbons (Fsp3) is 0.280. The van der Waals surface area contributed by atoms with Gasteiger partial charge in [-0.2, -0.15) is 0 Å². The van der Waals surface area contributed by atoms with E-state index in [2.05, 4.69) is 72.8 Å². The van der Waals surface area contributed by atoms with Crippen LogP contribution in [0.3, 0.4) is 0 Å². The lowest BCUT2D eigenvalue weighted by Gasteiger charge is -2.37. The van der Waals surface area contributed by atoms with Gasteiger partial charge in [0, 0.05) is 22.8 Å². The molecule has 3 aromatic rings. The number of fused-ring (bicyclic) bond motifs is 4. The molecule has 3 atom stereocenters. The van der Waals surface area contributed by atoms with E-state index in [4.69, 9.17) is 4.74 Å². The normalized spacial score (nSPS) is 28.8. The van der Waals surface area contributed by atoms with Crippen molar-refractivity contribution in [1.29, 1.82) is 0 Å². The molecular weight excluding hydrogens is 316 g/mol. The molecule has 3 aliphatic rings. The second-order valence-electron chi connectivity index (χ2n) is 8.01. The van der Waals surface area contributed by atoms with E-state index in [0.717, 1.165) is 12.2 Å². The summed E-state index contributed by atoms with van der Waals surface area (Å²) in [6.07, 6.45) is 7.43. The fourth-order valence-electron chi connectivity index (χ4n) is 5.65. The Morgan fingerprint density at radius 2 is 1.69 bits per heavy atom. The summed E-state index contributed by atoms with van der Waals surface area (Å²) in [6.45, 7) is 0. The maximum Gasteiger partial charge on any atom is 0.138 e. The summed E-state index contributed by atoms with van der Waals surface area (Å²) in [5, 5.41) is 2.55. The molecule has 1 fully saturated rings. The predicted octanol–water partition coefficient (Wildman–Crippen LogP) is 6.35. The third kappa shape index (κ3) is 1.81. The topological polar surface area (TPSA) is 9.23 Å². The standard InChI is InChI=1S/C25H22O/c1-2-8-17(9-3-1)22-16-19-11-6-7-15-25(19)23(22)21-14-13-18-10-4-5-12-20(18)24(21)26-25/h1-5,8-10,12-14,16,22-23H,6-7,11,15H2/t22-,23?,25+/m0/s1. The molecule has 1 nitrogen and oxygen atoms in total. The number of hydrogen-bond acceptors (Lipinski definition) is 1. The van der Waals surface area contributed by atoms with Crippen LogP contribution in [0.25, 0.3) is 10.8 Å². The van der Waals surface area contributed by atoms with E-state index < -0.39 is 0 Å². The van der Waals surface area contributed by atoms with Crippen LogP contribution in [0.5, 0.6) is 5.75 Å². The Hall–Kier alpha value is -2.54. The first-order valence-corrected chi connectivity index (χ1v) is 9.84. The van der Waals surface area contributed by atoms with Gasteiger partial charge in [0.05, 0.1) is 0 Å². The summed E-state index contributed by atoms with van der Waals surface area (Å²) in [4.78, 5) is 0. The van der Waals surface area contributed by atoms with Gasteiger partial charge in [-0.1, -0.05) is 72.8 Å². The SMILES string of the molecule is C1=C2CCCC[C@@]23Oc2c(ccc4ccccc24)C3[C@@H]1c1ccccc1. The first kappa shape index (κ1) is 14.6. The summed E-state index contributed by atoms with van der Waals surface area (Å²) < 4.78 is 6.92. The van der Waals surface area contributed by atoms with Gasteiger partial charge in [-0.05, 0) is 42.2 Å². The van der Waals surface area contributed by atoms with Crippen LogP contribution in [-0.4, -0.2) is 5.60 Å². The Labute approximate surface area is 154 Å². The number of allylic oxidation sites excluding steroid dienone is 1. The zero-order valence-electron chi connectivity index (χ0n) is 14.8. The fourth-order valence-corrected chi connectivity index (χ4v) is 5.65. The van der Waals surface area contributed by atoms with E-state index in [1.165, 1.54) is 41.2 Å². The van der Waals surface area contributed by atoms with Crippen LogP contribution in [0.2, 0.25) is 0 Å². The third-order valence-electron chi connectivity index (χ3n) is 6.74. The Morgan fingerprint density at radius 3 is 2.62 bits per heavy atom. The third-order valence-corrected chi connectivity index (χ3v) is 6.74. The molecule has 1 heterocycles. The number of rotatable bonds is 1. The van der Waals surface area contributed by atoms with Gasteiger partial charge in [0.1, 0.15) is 11.4 Å². The molecule has 2 aliphatic carbocycles. The van der Waals surface area contributed by atoms with Crippen molar-refractivity contribution in [1.82, 2.24) is 0 Å². The molecule has 0 saturated heterocycles. The van der Waals surface area contributed by atoms with Crippen molar-refractivity contribution in [3.63, 3.8) is 0 Å². The van der Waals surface area contributed by atoms with Gasteiger partial charge in [0.25, 0.3) is 0 Å². The molecule has 26 heavy (non-hydrogen) atoms. The molecule has 0 radical (unpaired) electrons. The Balaban J connectivity index is 1.59. The zero-order valence-corrected chi connectivity index (χ0v) is 14.8. The van der Waals surface area contributed by atoms with Crippen LogP contribution < -0.4 is 4.74 Å². The van der Waals surface area contributed by atoms with Crippen LogP contribution in [0.15, 0.2) is 78.4 Å². The molecule has 0 amide bonds. The molecule has 0 bridgehead atoms. The van der Waals surface area contributed by atoms with Crippen LogP contribution >= 0.6 is 0 Å². The van der Waals surface area contributed by atoms with Gasteiger partial charge < -0.3 is 4.74 Å². The van der Waals surface area contributed by atoms with Crippen molar-refractivity contribution in [2.75, 3.05) is 0 Å². The van der Waals surface area contributed by atoms with Gasteiger partial charge in [0.2, 0.25) is 0 Å². The first-order chi connectivity index (χ1) is 12.9. The monoisotopic (exact) mass is 338 g/mol. The summed E-state index contributed by atoms with van der Waals surface area (Å²) in [5.74, 6) is 1.98. The second kappa shape index (κ2) is 5.23. The quantitative estimate of drug-likeness (QED) is 0.470. The molecule has 1 heteroatoms. The molecular formula is C25H22O. The van der Waals surface area contributed by atoms with Gasteiger partial charge >= 0.3 is 0 Å². The molecule has 0 aromatic heterocycles. The van der Waals surface area contributed by atoms with Crippen molar-refractivity contribution in [3.8, 4) is 5.75 Å². The lowest BCUT2D eigenvalue weighted by atomic mass is 9.71. The van der Waals surface area contributed by atoms with Gasteiger partial charge in [-0.15, -0.1) is 0 Å². The maximum atomic E-state index is 6.92. The van der Waals surface area contributed by atoms with E-state index in [1.54, 1.807) is 5.57 Å². The molecule has 1 saturated carbocycles. The predicted molar refractivity (Wildman–Crippen MR) is 106 cm³/mol. The molecule has 1 unspecified atom stereocenters. The number of ether oxygens (including phenoxy) is 1. The van der Waals surface area contributed by atoms with E-state index >= 15 is 0 Å². The molecule has 1 spiro atoms. The van der Waals surface area contributed by atoms with E-state index in [1.807, 2.05) is 0 Å². The minimum atomic E-state index is -0.106. The van der Waals surface area contributed by atoms with Gasteiger partial charge in [0.15, 0.2) is 0 Å². The lowest BCUT2D eigenvalue weighted by Crippen LogP contribution is -2.40. The van der Waals surface area contributed by atoms with Gasteiger partial charge in [-0.3, -0.25) is 0 Å². The molecule has 3 aromatic carbocycles. The van der Waals surface area contributed by atoms with Crippen molar-refractivity contribution < 1.29 is 4.74 Å². The average Bonchev–Trinajstić information content (AvgIpc) is 3.20. The summed E-state index contributed by atoms with van der Waals surface area (Å²) in [6, 6.07) is 24.3. The molecule has 6 rings (SSSR count). The van der Waals surface area contributed by atoms with E-state index in [-0.39, 0.29) is 5.60 Å². The molecule has 0 N–H and O–H groups in total. The average molecular weight is 338 g/mol.